The van der Waals surface area contributed by atoms with Crippen LogP contribution in [0, 0.1) is 5.82 Å². The molecule has 4 nitrogen and oxygen atoms in total. The second-order valence-corrected chi connectivity index (χ2v) is 5.17. The monoisotopic (exact) mass is 345 g/mol. The largest absolute Gasteiger partial charge is 0.289 e. The lowest BCUT2D eigenvalue weighted by Gasteiger charge is -2.01. The number of carbonyl (C=O) groups excluding carboxylic acids is 2. The number of hydrogen-bond acceptors (Lipinski definition) is 3. The van der Waals surface area contributed by atoms with Crippen LogP contribution in [-0.4, -0.2) is 16.9 Å². The zero-order chi connectivity index (χ0) is 17.5. The van der Waals surface area contributed by atoms with Gasteiger partial charge in [0.15, 0.2) is 5.78 Å². The van der Waals surface area contributed by atoms with Crippen LogP contribution in [0.25, 0.3) is 12.2 Å². The van der Waals surface area contributed by atoms with Gasteiger partial charge >= 0.3 is 0 Å². The third-order valence-electron chi connectivity index (χ3n) is 3.12. The summed E-state index contributed by atoms with van der Waals surface area (Å²) in [5.41, 5.74) is 2.43. The van der Waals surface area contributed by atoms with Gasteiger partial charge in [0.1, 0.15) is 5.82 Å². The summed E-state index contributed by atoms with van der Waals surface area (Å²) in [6.45, 7) is 0. The highest BCUT2D eigenvalue weighted by molar-refractivity contribution is 6.34. The van der Waals surface area contributed by atoms with Gasteiger partial charge in [0, 0.05) is 17.2 Å². The summed E-state index contributed by atoms with van der Waals surface area (Å²) in [6.07, 6.45) is 5.01. The van der Waals surface area contributed by atoms with E-state index in [1.165, 1.54) is 35.8 Å². The molecule has 2 rings (SSSR count). The third kappa shape index (κ3) is 4.62. The number of halogens is 2. The van der Waals surface area contributed by atoms with Gasteiger partial charge in [-0.15, -0.1) is 0 Å². The number of carbonyl (C=O) groups is 2. The van der Waals surface area contributed by atoms with Crippen LogP contribution in [0.3, 0.4) is 0 Å². The van der Waals surface area contributed by atoms with E-state index in [4.69, 9.17) is 16.8 Å². The molecular formula is C18H13ClFNO3. The minimum atomic E-state index is -0.718. The van der Waals surface area contributed by atoms with Crippen LogP contribution in [-0.2, 0) is 4.79 Å². The molecule has 0 aliphatic heterocycles. The molecule has 0 heterocycles. The Hall–Kier alpha value is -2.76. The fraction of sp³-hybridized carbons (Fsp3) is 0. The Morgan fingerprint density at radius 2 is 1.83 bits per heavy atom. The maximum absolute atomic E-state index is 14.0. The molecule has 0 unspecified atom stereocenters. The van der Waals surface area contributed by atoms with E-state index in [1.54, 1.807) is 30.3 Å². The molecule has 2 aromatic rings. The average Bonchev–Trinajstić information content (AvgIpc) is 2.58. The Morgan fingerprint density at radius 3 is 2.50 bits per heavy atom. The highest BCUT2D eigenvalue weighted by atomic mass is 35.5. The van der Waals surface area contributed by atoms with Gasteiger partial charge in [0.05, 0.1) is 5.02 Å². The Kier molecular flexibility index (Phi) is 6.01. The number of hydrogen-bond donors (Lipinski definition) is 2. The zero-order valence-electron chi connectivity index (χ0n) is 12.4. The topological polar surface area (TPSA) is 66.4 Å². The lowest BCUT2D eigenvalue weighted by Crippen LogP contribution is -2.14. The fourth-order valence-corrected chi connectivity index (χ4v) is 2.14. The number of ketones is 1. The van der Waals surface area contributed by atoms with Crippen molar-refractivity contribution in [3.05, 3.63) is 82.1 Å². The van der Waals surface area contributed by atoms with Crippen LogP contribution >= 0.6 is 11.6 Å². The van der Waals surface area contributed by atoms with E-state index < -0.39 is 11.7 Å². The molecule has 0 fully saturated rings. The first-order valence-electron chi connectivity index (χ1n) is 6.90. The second kappa shape index (κ2) is 8.19. The van der Waals surface area contributed by atoms with E-state index >= 15 is 0 Å². The molecule has 24 heavy (non-hydrogen) atoms. The Balaban J connectivity index is 2.16. The molecule has 0 radical (unpaired) electrons. The predicted molar refractivity (Wildman–Crippen MR) is 90.2 cm³/mol. The molecule has 0 saturated heterocycles. The summed E-state index contributed by atoms with van der Waals surface area (Å²) in [6, 6.07) is 10.9. The molecular weight excluding hydrogens is 333 g/mol. The summed E-state index contributed by atoms with van der Waals surface area (Å²) < 4.78 is 14.0. The van der Waals surface area contributed by atoms with Gasteiger partial charge in [0.2, 0.25) is 0 Å². The van der Waals surface area contributed by atoms with Crippen molar-refractivity contribution in [2.45, 2.75) is 0 Å². The predicted octanol–water partition coefficient (Wildman–Crippen LogP) is 3.89. The average molecular weight is 346 g/mol. The van der Waals surface area contributed by atoms with Gasteiger partial charge < -0.3 is 0 Å². The highest BCUT2D eigenvalue weighted by Crippen LogP contribution is 2.18. The minimum Gasteiger partial charge on any atom is -0.289 e. The normalized spacial score (nSPS) is 11.1. The molecule has 0 atom stereocenters. The standard InChI is InChI=1S/C18H13ClFNO3/c19-15-4-2-1-3-14(15)17(22)9-8-13-7-5-12(11-16(13)20)6-10-18(23)21-24/h1-11,24H,(H,21,23)/b9-8+,10-6+. The molecule has 122 valence electrons. The molecule has 2 aromatic carbocycles. The SMILES string of the molecule is O=C(/C=C/c1ccc(/C=C/C(=O)c2ccccc2Cl)c(F)c1)NO. The molecule has 0 saturated carbocycles. The molecule has 1 amide bonds. The van der Waals surface area contributed by atoms with Crippen molar-refractivity contribution in [1.82, 2.24) is 5.48 Å². The summed E-state index contributed by atoms with van der Waals surface area (Å²) in [5.74, 6) is -1.60. The number of nitrogens with one attached hydrogen (secondary N) is 1. The zero-order valence-corrected chi connectivity index (χ0v) is 13.1. The van der Waals surface area contributed by atoms with E-state index in [0.717, 1.165) is 6.08 Å². The van der Waals surface area contributed by atoms with Crippen molar-refractivity contribution in [1.29, 1.82) is 0 Å². The number of rotatable bonds is 5. The van der Waals surface area contributed by atoms with Gasteiger partial charge in [-0.05, 0) is 42.0 Å². The Bertz CT molecular complexity index is 831. The maximum atomic E-state index is 14.0. The molecule has 2 N–H and O–H groups in total. The van der Waals surface area contributed by atoms with Crippen molar-refractivity contribution < 1.29 is 19.2 Å². The molecule has 0 aliphatic rings. The van der Waals surface area contributed by atoms with Crippen LogP contribution in [0.4, 0.5) is 4.39 Å². The highest BCUT2D eigenvalue weighted by Gasteiger charge is 2.07. The first kappa shape index (κ1) is 17.6. The van der Waals surface area contributed by atoms with Crippen molar-refractivity contribution >= 4 is 35.4 Å². The lowest BCUT2D eigenvalue weighted by atomic mass is 10.1. The third-order valence-corrected chi connectivity index (χ3v) is 3.45. The Morgan fingerprint density at radius 1 is 1.08 bits per heavy atom. The summed E-state index contributed by atoms with van der Waals surface area (Å²) in [7, 11) is 0. The van der Waals surface area contributed by atoms with E-state index in [-0.39, 0.29) is 11.3 Å². The molecule has 6 heteroatoms. The lowest BCUT2D eigenvalue weighted by molar-refractivity contribution is -0.124. The molecule has 0 spiro atoms. The van der Waals surface area contributed by atoms with Crippen molar-refractivity contribution in [3.8, 4) is 0 Å². The molecule has 0 bridgehead atoms. The number of amides is 1. The van der Waals surface area contributed by atoms with Crippen molar-refractivity contribution in [2.75, 3.05) is 0 Å². The van der Waals surface area contributed by atoms with Gasteiger partial charge in [-0.3, -0.25) is 14.8 Å². The first-order chi connectivity index (χ1) is 11.5. The molecule has 0 aromatic heterocycles. The van der Waals surface area contributed by atoms with Crippen LogP contribution in [0.1, 0.15) is 21.5 Å². The van der Waals surface area contributed by atoms with Gasteiger partial charge in [-0.2, -0.15) is 0 Å². The fourth-order valence-electron chi connectivity index (χ4n) is 1.91. The summed E-state index contributed by atoms with van der Waals surface area (Å²) in [5, 5.41) is 8.70. The maximum Gasteiger partial charge on any atom is 0.267 e. The van der Waals surface area contributed by atoms with E-state index in [1.807, 2.05) is 0 Å². The quantitative estimate of drug-likeness (QED) is 0.374. The number of benzene rings is 2. The summed E-state index contributed by atoms with van der Waals surface area (Å²) >= 11 is 5.94. The Labute approximate surface area is 142 Å². The van der Waals surface area contributed by atoms with Gasteiger partial charge in [-0.25, -0.2) is 9.87 Å². The second-order valence-electron chi connectivity index (χ2n) is 4.77. The number of hydroxylamine groups is 1. The summed E-state index contributed by atoms with van der Waals surface area (Å²) in [4.78, 5) is 22.9. The number of allylic oxidation sites excluding steroid dienone is 1. The van der Waals surface area contributed by atoms with Crippen LogP contribution < -0.4 is 5.48 Å². The van der Waals surface area contributed by atoms with E-state index in [9.17, 15) is 14.0 Å². The minimum absolute atomic E-state index is 0.221. The van der Waals surface area contributed by atoms with Crippen LogP contribution in [0.5, 0.6) is 0 Å². The van der Waals surface area contributed by atoms with Gasteiger partial charge in [-0.1, -0.05) is 35.9 Å². The molecule has 0 aliphatic carbocycles. The van der Waals surface area contributed by atoms with Gasteiger partial charge in [0.25, 0.3) is 5.91 Å². The van der Waals surface area contributed by atoms with Crippen LogP contribution in [0.2, 0.25) is 5.02 Å². The smallest absolute Gasteiger partial charge is 0.267 e. The van der Waals surface area contributed by atoms with Crippen molar-refractivity contribution in [3.63, 3.8) is 0 Å². The van der Waals surface area contributed by atoms with E-state index in [2.05, 4.69) is 0 Å². The first-order valence-corrected chi connectivity index (χ1v) is 7.27. The van der Waals surface area contributed by atoms with E-state index in [0.29, 0.717) is 16.1 Å². The van der Waals surface area contributed by atoms with Crippen LogP contribution in [0.15, 0.2) is 54.6 Å². The van der Waals surface area contributed by atoms with Crippen molar-refractivity contribution in [2.24, 2.45) is 0 Å².